The van der Waals surface area contributed by atoms with Crippen molar-refractivity contribution >= 4 is 5.65 Å². The molecule has 0 spiro atoms. The highest BCUT2D eigenvalue weighted by Crippen LogP contribution is 2.30. The Kier molecular flexibility index (Phi) is 2.45. The molecule has 17 heavy (non-hydrogen) atoms. The number of halogens is 3. The first-order valence-corrected chi connectivity index (χ1v) is 5.24. The summed E-state index contributed by atoms with van der Waals surface area (Å²) < 4.78 is 39.2. The molecule has 0 saturated carbocycles. The highest BCUT2D eigenvalue weighted by Gasteiger charge is 2.31. The average Bonchev–Trinajstić information content (AvgIpc) is 2.57. The van der Waals surface area contributed by atoms with E-state index < -0.39 is 11.7 Å². The fraction of sp³-hybridized carbons (Fsp3) is 0.417. The Balaban J connectivity index is 2.56. The van der Waals surface area contributed by atoms with Crippen LogP contribution in [-0.2, 0) is 11.6 Å². The van der Waals surface area contributed by atoms with Gasteiger partial charge in [0.15, 0.2) is 0 Å². The lowest BCUT2D eigenvalue weighted by Gasteiger charge is -2.13. The molecule has 0 aliphatic carbocycles. The van der Waals surface area contributed by atoms with Crippen molar-refractivity contribution in [1.29, 1.82) is 0 Å². The zero-order valence-electron chi connectivity index (χ0n) is 9.84. The predicted octanol–water partition coefficient (Wildman–Crippen LogP) is 3.65. The molecule has 0 aliphatic rings. The van der Waals surface area contributed by atoms with Crippen LogP contribution < -0.4 is 0 Å². The van der Waals surface area contributed by atoms with Gasteiger partial charge in [-0.3, -0.25) is 0 Å². The van der Waals surface area contributed by atoms with E-state index in [4.69, 9.17) is 0 Å². The van der Waals surface area contributed by atoms with Crippen molar-refractivity contribution in [3.05, 3.63) is 35.8 Å². The van der Waals surface area contributed by atoms with E-state index in [1.165, 1.54) is 6.20 Å². The lowest BCUT2D eigenvalue weighted by Crippen LogP contribution is -2.11. The van der Waals surface area contributed by atoms with Gasteiger partial charge in [-0.15, -0.1) is 0 Å². The number of nitrogens with zero attached hydrogens (tertiary/aromatic N) is 2. The molecule has 0 amide bonds. The molecule has 2 aromatic rings. The van der Waals surface area contributed by atoms with Crippen molar-refractivity contribution in [1.82, 2.24) is 9.38 Å². The zero-order chi connectivity index (χ0) is 12.8. The molecule has 0 bridgehead atoms. The van der Waals surface area contributed by atoms with Crippen LogP contribution in [0.1, 0.15) is 32.0 Å². The second-order valence-electron chi connectivity index (χ2n) is 5.05. The Bertz CT molecular complexity index is 535. The number of imidazole rings is 1. The number of aromatic nitrogens is 2. The maximum absolute atomic E-state index is 12.5. The predicted molar refractivity (Wildman–Crippen MR) is 58.9 cm³/mol. The third-order valence-electron chi connectivity index (χ3n) is 2.56. The van der Waals surface area contributed by atoms with Crippen molar-refractivity contribution < 1.29 is 13.2 Å². The van der Waals surface area contributed by atoms with Crippen molar-refractivity contribution in [3.8, 4) is 0 Å². The van der Waals surface area contributed by atoms with Gasteiger partial charge in [-0.1, -0.05) is 20.8 Å². The number of hydrogen-bond donors (Lipinski definition) is 0. The summed E-state index contributed by atoms with van der Waals surface area (Å²) in [7, 11) is 0. The van der Waals surface area contributed by atoms with Crippen LogP contribution in [0.3, 0.4) is 0 Å². The van der Waals surface area contributed by atoms with Gasteiger partial charge in [0.25, 0.3) is 0 Å². The standard InChI is InChI=1S/C12H13F3N2/c1-11(2,3)9-7-17-5-4-8(12(13,14)15)6-10(17)16-9/h4-7H,1-3H3. The van der Waals surface area contributed by atoms with E-state index in [2.05, 4.69) is 4.98 Å². The van der Waals surface area contributed by atoms with E-state index in [1.54, 1.807) is 10.6 Å². The van der Waals surface area contributed by atoms with Crippen LogP contribution in [0.2, 0.25) is 0 Å². The second-order valence-corrected chi connectivity index (χ2v) is 5.05. The number of rotatable bonds is 0. The van der Waals surface area contributed by atoms with Gasteiger partial charge in [-0.25, -0.2) is 4.98 Å². The first-order valence-electron chi connectivity index (χ1n) is 5.24. The van der Waals surface area contributed by atoms with Crippen molar-refractivity contribution in [2.45, 2.75) is 32.4 Å². The molecule has 0 atom stereocenters. The maximum Gasteiger partial charge on any atom is 0.416 e. The molecule has 2 heterocycles. The summed E-state index contributed by atoms with van der Waals surface area (Å²) in [5, 5.41) is 0. The van der Waals surface area contributed by atoms with Gasteiger partial charge in [-0.05, 0) is 12.1 Å². The zero-order valence-corrected chi connectivity index (χ0v) is 9.84. The summed E-state index contributed by atoms with van der Waals surface area (Å²) in [6.07, 6.45) is -1.18. The highest BCUT2D eigenvalue weighted by molar-refractivity contribution is 5.44. The van der Waals surface area contributed by atoms with Crippen molar-refractivity contribution in [2.75, 3.05) is 0 Å². The van der Waals surface area contributed by atoms with E-state index in [0.29, 0.717) is 5.65 Å². The highest BCUT2D eigenvalue weighted by atomic mass is 19.4. The molecule has 2 nitrogen and oxygen atoms in total. The van der Waals surface area contributed by atoms with Crippen LogP contribution in [0.5, 0.6) is 0 Å². The molecule has 0 saturated heterocycles. The SMILES string of the molecule is CC(C)(C)c1cn2ccc(C(F)(F)F)cc2n1. The average molecular weight is 242 g/mol. The second kappa shape index (κ2) is 3.48. The van der Waals surface area contributed by atoms with E-state index in [1.807, 2.05) is 20.8 Å². The largest absolute Gasteiger partial charge is 0.416 e. The molecular weight excluding hydrogens is 229 g/mol. The fourth-order valence-corrected chi connectivity index (χ4v) is 1.52. The Hall–Kier alpha value is -1.52. The van der Waals surface area contributed by atoms with Crippen LogP contribution in [0.15, 0.2) is 24.5 Å². The molecule has 0 radical (unpaired) electrons. The smallest absolute Gasteiger partial charge is 0.307 e. The van der Waals surface area contributed by atoms with E-state index in [-0.39, 0.29) is 5.41 Å². The summed E-state index contributed by atoms with van der Waals surface area (Å²) in [4.78, 5) is 4.22. The molecule has 2 aromatic heterocycles. The first kappa shape index (κ1) is 12.0. The Morgan fingerprint density at radius 1 is 1.18 bits per heavy atom. The van der Waals surface area contributed by atoms with Crippen LogP contribution in [-0.4, -0.2) is 9.38 Å². The molecule has 92 valence electrons. The number of pyridine rings is 1. The lowest BCUT2D eigenvalue weighted by molar-refractivity contribution is -0.137. The monoisotopic (exact) mass is 242 g/mol. The Morgan fingerprint density at radius 3 is 2.35 bits per heavy atom. The summed E-state index contributed by atoms with van der Waals surface area (Å²) in [6.45, 7) is 5.92. The first-order chi connectivity index (χ1) is 7.68. The Labute approximate surface area is 97.1 Å². The summed E-state index contributed by atoms with van der Waals surface area (Å²) in [5.74, 6) is 0. The van der Waals surface area contributed by atoms with E-state index in [0.717, 1.165) is 17.8 Å². The van der Waals surface area contributed by atoms with Gasteiger partial charge in [0.2, 0.25) is 0 Å². The quantitative estimate of drug-likeness (QED) is 0.689. The van der Waals surface area contributed by atoms with Crippen LogP contribution in [0, 0.1) is 0 Å². The topological polar surface area (TPSA) is 17.3 Å². The van der Waals surface area contributed by atoms with Gasteiger partial charge in [-0.2, -0.15) is 13.2 Å². The van der Waals surface area contributed by atoms with Gasteiger partial charge < -0.3 is 4.40 Å². The fourth-order valence-electron chi connectivity index (χ4n) is 1.52. The van der Waals surface area contributed by atoms with Crippen molar-refractivity contribution in [3.63, 3.8) is 0 Å². The van der Waals surface area contributed by atoms with Gasteiger partial charge >= 0.3 is 6.18 Å². The Morgan fingerprint density at radius 2 is 1.82 bits per heavy atom. The normalized spacial score (nSPS) is 13.3. The molecule has 0 aliphatic heterocycles. The van der Waals surface area contributed by atoms with E-state index in [9.17, 15) is 13.2 Å². The minimum Gasteiger partial charge on any atom is -0.307 e. The third-order valence-corrected chi connectivity index (χ3v) is 2.56. The number of fused-ring (bicyclic) bond motifs is 1. The lowest BCUT2D eigenvalue weighted by atomic mass is 9.93. The number of hydrogen-bond acceptors (Lipinski definition) is 1. The molecule has 0 unspecified atom stereocenters. The number of alkyl halides is 3. The minimum atomic E-state index is -4.32. The third kappa shape index (κ3) is 2.28. The maximum atomic E-state index is 12.5. The van der Waals surface area contributed by atoms with Crippen LogP contribution in [0.25, 0.3) is 5.65 Å². The molecule has 0 fully saturated rings. The van der Waals surface area contributed by atoms with Gasteiger partial charge in [0.1, 0.15) is 5.65 Å². The minimum absolute atomic E-state index is 0.176. The van der Waals surface area contributed by atoms with Crippen LogP contribution in [0.4, 0.5) is 13.2 Å². The molecular formula is C12H13F3N2. The molecule has 0 N–H and O–H groups in total. The molecule has 5 heteroatoms. The summed E-state index contributed by atoms with van der Waals surface area (Å²) in [6, 6.07) is 2.12. The summed E-state index contributed by atoms with van der Waals surface area (Å²) >= 11 is 0. The molecule has 2 rings (SSSR count). The van der Waals surface area contributed by atoms with E-state index >= 15 is 0 Å². The van der Waals surface area contributed by atoms with Crippen LogP contribution >= 0.6 is 0 Å². The van der Waals surface area contributed by atoms with Gasteiger partial charge in [0.05, 0.1) is 11.3 Å². The van der Waals surface area contributed by atoms with Crippen molar-refractivity contribution in [2.24, 2.45) is 0 Å². The van der Waals surface area contributed by atoms with Gasteiger partial charge in [0, 0.05) is 17.8 Å². The molecule has 0 aromatic carbocycles. The summed E-state index contributed by atoms with van der Waals surface area (Å²) in [5.41, 5.74) is 0.252.